The molecule has 0 radical (unpaired) electrons. The predicted octanol–water partition coefficient (Wildman–Crippen LogP) is 1.85. The van der Waals surface area contributed by atoms with Crippen LogP contribution in [0, 0.1) is 13.8 Å². The molecule has 0 saturated heterocycles. The van der Waals surface area contributed by atoms with Crippen molar-refractivity contribution in [2.75, 3.05) is 32.5 Å². The highest BCUT2D eigenvalue weighted by Gasteiger charge is 2.00. The van der Waals surface area contributed by atoms with E-state index < -0.39 is 0 Å². The van der Waals surface area contributed by atoms with Crippen molar-refractivity contribution in [2.24, 2.45) is 0 Å². The topological polar surface area (TPSA) is 41.1 Å². The van der Waals surface area contributed by atoms with E-state index in [-0.39, 0.29) is 0 Å². The summed E-state index contributed by atoms with van der Waals surface area (Å²) in [5.74, 6) is 0.921. The van der Waals surface area contributed by atoms with E-state index in [1.54, 1.807) is 6.20 Å². The molecule has 0 saturated carbocycles. The Hall–Kier alpha value is -1.16. The Bertz CT molecular complexity index is 323. The molecule has 4 heteroatoms. The van der Waals surface area contributed by atoms with Gasteiger partial charge in [0.2, 0.25) is 0 Å². The molecule has 1 rings (SSSR count). The fourth-order valence-corrected chi connectivity index (χ4v) is 1.46. The number of aryl methyl sites for hydroxylation is 2. The van der Waals surface area contributed by atoms with E-state index in [1.807, 2.05) is 13.8 Å². The number of unbranched alkanes of at least 4 members (excludes halogenated alkanes) is 1. The first-order valence-electron chi connectivity index (χ1n) is 5.78. The monoisotopic (exact) mass is 222 g/mol. The van der Waals surface area contributed by atoms with Crippen LogP contribution in [-0.2, 0) is 0 Å². The van der Waals surface area contributed by atoms with Crippen LogP contribution in [0.25, 0.3) is 0 Å². The number of nitrogens with zero attached hydrogens (tertiary/aromatic N) is 3. The third-order valence-corrected chi connectivity index (χ3v) is 2.40. The lowest BCUT2D eigenvalue weighted by molar-refractivity contribution is 0.396. The zero-order valence-corrected chi connectivity index (χ0v) is 10.7. The van der Waals surface area contributed by atoms with Gasteiger partial charge in [-0.25, -0.2) is 4.98 Å². The zero-order chi connectivity index (χ0) is 12.0. The van der Waals surface area contributed by atoms with E-state index in [4.69, 9.17) is 0 Å². The number of hydrogen-bond donors (Lipinski definition) is 1. The van der Waals surface area contributed by atoms with E-state index in [2.05, 4.69) is 34.3 Å². The number of anilines is 1. The lowest BCUT2D eigenvalue weighted by Crippen LogP contribution is -2.14. The van der Waals surface area contributed by atoms with Crippen molar-refractivity contribution in [3.05, 3.63) is 17.6 Å². The third kappa shape index (κ3) is 4.57. The molecule has 16 heavy (non-hydrogen) atoms. The Morgan fingerprint density at radius 1 is 1.25 bits per heavy atom. The molecule has 1 N–H and O–H groups in total. The molecule has 0 aromatic carbocycles. The molecule has 90 valence electrons. The van der Waals surface area contributed by atoms with Crippen LogP contribution in [0.15, 0.2) is 6.20 Å². The van der Waals surface area contributed by atoms with Gasteiger partial charge in [-0.15, -0.1) is 0 Å². The van der Waals surface area contributed by atoms with Crippen molar-refractivity contribution in [3.63, 3.8) is 0 Å². The van der Waals surface area contributed by atoms with Gasteiger partial charge in [0.25, 0.3) is 0 Å². The van der Waals surface area contributed by atoms with Crippen molar-refractivity contribution >= 4 is 5.82 Å². The Balaban J connectivity index is 2.29. The lowest BCUT2D eigenvalue weighted by atomic mass is 10.3. The van der Waals surface area contributed by atoms with Gasteiger partial charge in [-0.2, -0.15) is 0 Å². The molecule has 0 amide bonds. The van der Waals surface area contributed by atoms with Gasteiger partial charge in [0.05, 0.1) is 11.4 Å². The molecule has 1 aromatic heterocycles. The maximum absolute atomic E-state index is 4.42. The maximum atomic E-state index is 4.42. The van der Waals surface area contributed by atoms with Crippen molar-refractivity contribution < 1.29 is 0 Å². The summed E-state index contributed by atoms with van der Waals surface area (Å²) in [6, 6.07) is 0. The highest BCUT2D eigenvalue weighted by Crippen LogP contribution is 2.08. The Kier molecular flexibility index (Phi) is 5.19. The summed E-state index contributed by atoms with van der Waals surface area (Å²) in [5.41, 5.74) is 1.93. The second-order valence-electron chi connectivity index (χ2n) is 4.38. The molecule has 0 unspecified atom stereocenters. The van der Waals surface area contributed by atoms with Gasteiger partial charge in [0.1, 0.15) is 5.82 Å². The molecule has 0 fully saturated rings. The summed E-state index contributed by atoms with van der Waals surface area (Å²) in [6.45, 7) is 6.05. The average Bonchev–Trinajstić information content (AvgIpc) is 2.22. The fraction of sp³-hybridized carbons (Fsp3) is 0.667. The van der Waals surface area contributed by atoms with Crippen molar-refractivity contribution in [2.45, 2.75) is 26.7 Å². The minimum absolute atomic E-state index is 0.921. The highest BCUT2D eigenvalue weighted by atomic mass is 15.0. The lowest BCUT2D eigenvalue weighted by Gasteiger charge is -2.10. The molecule has 0 spiro atoms. The molecule has 1 aromatic rings. The van der Waals surface area contributed by atoms with Gasteiger partial charge in [-0.05, 0) is 47.3 Å². The van der Waals surface area contributed by atoms with Crippen molar-refractivity contribution in [1.82, 2.24) is 14.9 Å². The van der Waals surface area contributed by atoms with Crippen LogP contribution in [0.5, 0.6) is 0 Å². The maximum Gasteiger partial charge on any atom is 0.147 e. The number of rotatable bonds is 6. The van der Waals surface area contributed by atoms with Crippen LogP contribution in [0.4, 0.5) is 5.82 Å². The second kappa shape index (κ2) is 6.43. The molecule has 0 aliphatic carbocycles. The first kappa shape index (κ1) is 12.9. The molecular weight excluding hydrogens is 200 g/mol. The largest absolute Gasteiger partial charge is 0.369 e. The van der Waals surface area contributed by atoms with Crippen LogP contribution in [-0.4, -0.2) is 42.1 Å². The number of hydrogen-bond acceptors (Lipinski definition) is 4. The first-order chi connectivity index (χ1) is 7.59. The predicted molar refractivity (Wildman–Crippen MR) is 67.8 cm³/mol. The van der Waals surface area contributed by atoms with Gasteiger partial charge in [0.15, 0.2) is 0 Å². The average molecular weight is 222 g/mol. The Morgan fingerprint density at radius 2 is 2.00 bits per heavy atom. The zero-order valence-electron chi connectivity index (χ0n) is 10.7. The molecule has 0 bridgehead atoms. The van der Waals surface area contributed by atoms with Gasteiger partial charge < -0.3 is 10.2 Å². The summed E-state index contributed by atoms with van der Waals surface area (Å²) in [5, 5.41) is 3.34. The summed E-state index contributed by atoms with van der Waals surface area (Å²) in [4.78, 5) is 10.9. The Morgan fingerprint density at radius 3 is 2.69 bits per heavy atom. The summed E-state index contributed by atoms with van der Waals surface area (Å²) in [6.07, 6.45) is 4.16. The van der Waals surface area contributed by atoms with Crippen LogP contribution in [0.1, 0.15) is 24.2 Å². The number of nitrogens with one attached hydrogen (secondary N) is 1. The molecule has 0 aliphatic heterocycles. The van der Waals surface area contributed by atoms with Crippen molar-refractivity contribution in [3.8, 4) is 0 Å². The SMILES string of the molecule is Cc1cnc(C)c(NCCCCN(C)C)n1. The van der Waals surface area contributed by atoms with E-state index in [9.17, 15) is 0 Å². The smallest absolute Gasteiger partial charge is 0.147 e. The van der Waals surface area contributed by atoms with Gasteiger partial charge in [0, 0.05) is 12.7 Å². The quantitative estimate of drug-likeness (QED) is 0.746. The molecule has 1 heterocycles. The van der Waals surface area contributed by atoms with Gasteiger partial charge >= 0.3 is 0 Å². The van der Waals surface area contributed by atoms with Crippen molar-refractivity contribution in [1.29, 1.82) is 0 Å². The Labute approximate surface area is 98.1 Å². The second-order valence-corrected chi connectivity index (χ2v) is 4.38. The highest BCUT2D eigenvalue weighted by molar-refractivity contribution is 5.39. The van der Waals surface area contributed by atoms with E-state index >= 15 is 0 Å². The normalized spacial score (nSPS) is 10.8. The standard InChI is InChI=1S/C12H22N4/c1-10-9-14-11(2)12(15-10)13-7-5-6-8-16(3)4/h9H,5-8H2,1-4H3,(H,13,15). The summed E-state index contributed by atoms with van der Waals surface area (Å²) in [7, 11) is 4.20. The van der Waals surface area contributed by atoms with Crippen LogP contribution < -0.4 is 5.32 Å². The number of aromatic nitrogens is 2. The van der Waals surface area contributed by atoms with Crippen LogP contribution in [0.2, 0.25) is 0 Å². The van der Waals surface area contributed by atoms with Gasteiger partial charge in [-0.1, -0.05) is 0 Å². The van der Waals surface area contributed by atoms with E-state index in [1.165, 1.54) is 6.42 Å². The minimum Gasteiger partial charge on any atom is -0.369 e. The van der Waals surface area contributed by atoms with Gasteiger partial charge in [-0.3, -0.25) is 4.98 Å². The minimum atomic E-state index is 0.921. The molecule has 0 aliphatic rings. The summed E-state index contributed by atoms with van der Waals surface area (Å²) < 4.78 is 0. The van der Waals surface area contributed by atoms with E-state index in [0.717, 1.165) is 36.7 Å². The van der Waals surface area contributed by atoms with E-state index in [0.29, 0.717) is 0 Å². The van der Waals surface area contributed by atoms with Crippen LogP contribution in [0.3, 0.4) is 0 Å². The fourth-order valence-electron chi connectivity index (χ4n) is 1.46. The first-order valence-corrected chi connectivity index (χ1v) is 5.78. The third-order valence-electron chi connectivity index (χ3n) is 2.40. The molecular formula is C12H22N4. The summed E-state index contributed by atoms with van der Waals surface area (Å²) >= 11 is 0. The molecule has 0 atom stereocenters. The van der Waals surface area contributed by atoms with Crippen LogP contribution >= 0.6 is 0 Å². The molecule has 4 nitrogen and oxygen atoms in total.